The molecule has 22 rings (SSSR count). The fourth-order valence-electron chi connectivity index (χ4n) is 20.5. The SMILES string of the molecule is CC(C)(C)c1cc(-c2ccccc2)c(N2c3cc(-c4ccc5c(c4)c4ccccc4n5C4C=CC=CC4)ccc3B3c4ccc(-n5c6ccc(C(C)(C)C)cc6c6cc(C(C)(C)C)ccc65)cc4N(c4c(-c5ccccc5)cc(C(C)(C)C)cc4-c4ccccc4)c4cc(-c5ccc6c(c5)c5ccccc5n6-c5ccccc5)cc2c43)c(-c2ccccc2)c1. The van der Waals surface area contributed by atoms with Crippen molar-refractivity contribution in [3.05, 3.63) is 392 Å². The molecule has 600 valence electrons. The molecule has 0 saturated heterocycles. The highest BCUT2D eigenvalue weighted by Gasteiger charge is 2.47. The van der Waals surface area contributed by atoms with Gasteiger partial charge in [-0.2, -0.15) is 0 Å². The van der Waals surface area contributed by atoms with Crippen LogP contribution in [0, 0.1) is 0 Å². The molecule has 1 unspecified atom stereocenters. The van der Waals surface area contributed by atoms with E-state index >= 15 is 0 Å². The van der Waals surface area contributed by atoms with Crippen molar-refractivity contribution in [2.75, 3.05) is 9.80 Å². The molecule has 1 atom stereocenters. The van der Waals surface area contributed by atoms with Gasteiger partial charge in [0.25, 0.3) is 6.71 Å². The molecule has 0 fully saturated rings. The Morgan fingerprint density at radius 3 is 1.09 bits per heavy atom. The van der Waals surface area contributed by atoms with Crippen LogP contribution in [0.5, 0.6) is 0 Å². The number of benzene rings is 16. The molecule has 6 heteroatoms. The summed E-state index contributed by atoms with van der Waals surface area (Å²) in [5.74, 6) is 0. The van der Waals surface area contributed by atoms with Crippen LogP contribution in [-0.4, -0.2) is 20.4 Å². The number of rotatable bonds is 11. The minimum atomic E-state index is -0.311. The molecule has 3 aliphatic rings. The molecule has 0 amide bonds. The van der Waals surface area contributed by atoms with Crippen LogP contribution in [0.25, 0.3) is 144 Å². The third-order valence-corrected chi connectivity index (χ3v) is 26.9. The Morgan fingerprint density at radius 1 is 0.258 bits per heavy atom. The van der Waals surface area contributed by atoms with Crippen molar-refractivity contribution in [3.8, 4) is 78.1 Å². The van der Waals surface area contributed by atoms with Crippen molar-refractivity contribution >= 4 is 123 Å². The number of para-hydroxylation sites is 3. The summed E-state index contributed by atoms with van der Waals surface area (Å²) in [4.78, 5) is 5.52. The summed E-state index contributed by atoms with van der Waals surface area (Å²) >= 11 is 0. The van der Waals surface area contributed by atoms with Crippen molar-refractivity contribution in [2.45, 2.75) is 117 Å². The highest BCUT2D eigenvalue weighted by Crippen LogP contribution is 2.57. The maximum atomic E-state index is 2.76. The highest BCUT2D eigenvalue weighted by atomic mass is 15.2. The number of hydrogen-bond donors (Lipinski definition) is 0. The second kappa shape index (κ2) is 28.9. The zero-order chi connectivity index (χ0) is 84.4. The normalized spacial score (nSPS) is 14.1. The van der Waals surface area contributed by atoms with Gasteiger partial charge in [-0.25, -0.2) is 0 Å². The minimum absolute atomic E-state index is 0.0850. The molecule has 0 spiro atoms. The first-order chi connectivity index (χ1) is 60.1. The van der Waals surface area contributed by atoms with Gasteiger partial charge < -0.3 is 23.5 Å². The van der Waals surface area contributed by atoms with E-state index in [4.69, 9.17) is 0 Å². The largest absolute Gasteiger partial charge is 0.333 e. The molecule has 124 heavy (non-hydrogen) atoms. The molecular weight excluding hydrogens is 1500 g/mol. The Hall–Kier alpha value is -13.9. The third kappa shape index (κ3) is 12.6. The van der Waals surface area contributed by atoms with Crippen molar-refractivity contribution in [3.63, 3.8) is 0 Å². The Balaban J connectivity index is 0.920. The summed E-state index contributed by atoms with van der Waals surface area (Å²) in [6, 6.07) is 134. The molecule has 0 radical (unpaired) electrons. The second-order valence-corrected chi connectivity index (χ2v) is 38.8. The van der Waals surface area contributed by atoms with Gasteiger partial charge in [-0.05, 0) is 239 Å². The summed E-state index contributed by atoms with van der Waals surface area (Å²) in [6.07, 6.45) is 10.0. The Kier molecular flexibility index (Phi) is 17.7. The average molecular weight is 1600 g/mol. The van der Waals surface area contributed by atoms with Crippen LogP contribution >= 0.6 is 0 Å². The number of nitrogens with zero attached hydrogens (tertiary/aromatic N) is 5. The fourth-order valence-corrected chi connectivity index (χ4v) is 20.5. The zero-order valence-electron chi connectivity index (χ0n) is 72.8. The molecule has 1 aliphatic carbocycles. The summed E-state index contributed by atoms with van der Waals surface area (Å²) in [6.45, 7) is 28.0. The van der Waals surface area contributed by atoms with Crippen LogP contribution in [0.1, 0.15) is 118 Å². The molecular formula is C118H100BN5. The summed E-state index contributed by atoms with van der Waals surface area (Å²) < 4.78 is 7.60. The van der Waals surface area contributed by atoms with E-state index < -0.39 is 0 Å². The van der Waals surface area contributed by atoms with E-state index in [2.05, 4.69) is 477 Å². The van der Waals surface area contributed by atoms with Crippen molar-refractivity contribution in [1.82, 2.24) is 13.7 Å². The standard InChI is InChI=1S/C118H100BN5/c1-115(2,3)83-54-61-106-98(68-83)99-69-84(116(4,5)6)55-62-107(99)122(106)89-56-58-101-109(74-89)124(114-94(77-39-23-15-24-40-77)72-86(118(10,11)12)73-95(114)78-41-25-16-26-42-78)111-67-82(80-53-60-105-97(64-80)91-48-32-34-50-103(91)121(105)88-45-29-18-30-46-88)66-110-112(111)119(101)100-57-51-81(79-52-59-104-96(63-79)90-47-31-33-49-102(90)120(104)87-43-27-17-28-44-87)65-108(100)123(110)113-92(75-35-19-13-20-36-75)70-85(117(7,8)9)71-93(113)76-37-21-14-22-38-76/h13-43,45-74,87H,44H2,1-12H3. The lowest BCUT2D eigenvalue weighted by molar-refractivity contribution is 0.590. The Bertz CT molecular complexity index is 7400. The van der Waals surface area contributed by atoms with Gasteiger partial charge in [-0.15, -0.1) is 0 Å². The van der Waals surface area contributed by atoms with Crippen LogP contribution in [-0.2, 0) is 21.7 Å². The molecule has 5 nitrogen and oxygen atoms in total. The van der Waals surface area contributed by atoms with Gasteiger partial charge in [0.05, 0.1) is 39.5 Å². The van der Waals surface area contributed by atoms with E-state index in [9.17, 15) is 0 Å². The monoisotopic (exact) mass is 1600 g/mol. The maximum Gasteiger partial charge on any atom is 0.252 e. The van der Waals surface area contributed by atoms with Crippen LogP contribution < -0.4 is 26.2 Å². The lowest BCUT2D eigenvalue weighted by Gasteiger charge is -2.46. The number of anilines is 6. The van der Waals surface area contributed by atoms with E-state index in [1.54, 1.807) is 0 Å². The van der Waals surface area contributed by atoms with Gasteiger partial charge in [0.2, 0.25) is 0 Å². The van der Waals surface area contributed by atoms with E-state index in [0.29, 0.717) is 0 Å². The van der Waals surface area contributed by atoms with Crippen molar-refractivity contribution in [1.29, 1.82) is 0 Å². The topological polar surface area (TPSA) is 21.3 Å². The second-order valence-electron chi connectivity index (χ2n) is 38.8. The molecule has 0 N–H and O–H groups in total. The summed E-state index contributed by atoms with van der Waals surface area (Å²) in [5.41, 5.74) is 37.9. The van der Waals surface area contributed by atoms with Crippen LogP contribution in [0.3, 0.4) is 0 Å². The quantitative estimate of drug-likeness (QED) is 0.120. The van der Waals surface area contributed by atoms with Crippen LogP contribution in [0.4, 0.5) is 34.1 Å². The lowest BCUT2D eigenvalue weighted by atomic mass is 9.33. The number of fused-ring (bicyclic) bond motifs is 13. The number of allylic oxidation sites excluding steroid dienone is 4. The molecule has 16 aromatic carbocycles. The first-order valence-corrected chi connectivity index (χ1v) is 44.3. The van der Waals surface area contributed by atoms with Gasteiger partial charge in [0.15, 0.2) is 0 Å². The number of aromatic nitrogens is 3. The fraction of sp³-hybridized carbons (Fsp3) is 0.153. The van der Waals surface area contributed by atoms with Gasteiger partial charge in [-0.3, -0.25) is 0 Å². The minimum Gasteiger partial charge on any atom is -0.333 e. The van der Waals surface area contributed by atoms with Gasteiger partial charge in [0.1, 0.15) is 0 Å². The smallest absolute Gasteiger partial charge is 0.252 e. The molecule has 3 aromatic heterocycles. The number of hydrogen-bond acceptors (Lipinski definition) is 2. The maximum absolute atomic E-state index is 2.76. The first kappa shape index (κ1) is 76.2. The van der Waals surface area contributed by atoms with Crippen LogP contribution in [0.2, 0.25) is 0 Å². The van der Waals surface area contributed by atoms with E-state index in [1.807, 2.05) is 0 Å². The predicted octanol–water partition coefficient (Wildman–Crippen LogP) is 30.3. The predicted molar refractivity (Wildman–Crippen MR) is 531 cm³/mol. The van der Waals surface area contributed by atoms with Gasteiger partial charge in [-0.1, -0.05) is 326 Å². The molecule has 19 aromatic rings. The van der Waals surface area contributed by atoms with E-state index in [-0.39, 0.29) is 34.4 Å². The molecule has 0 saturated carbocycles. The first-order valence-electron chi connectivity index (χ1n) is 44.3. The average Bonchev–Trinajstić information content (AvgIpc) is 0.837. The van der Waals surface area contributed by atoms with Crippen molar-refractivity contribution in [2.24, 2.45) is 0 Å². The van der Waals surface area contributed by atoms with Crippen molar-refractivity contribution < 1.29 is 0 Å². The van der Waals surface area contributed by atoms with E-state index in [0.717, 1.165) is 124 Å². The third-order valence-electron chi connectivity index (χ3n) is 26.9. The molecule has 0 bridgehead atoms. The Labute approximate surface area is 728 Å². The van der Waals surface area contributed by atoms with E-state index in [1.165, 1.54) is 98.5 Å². The van der Waals surface area contributed by atoms with Gasteiger partial charge in [0, 0.05) is 99.7 Å². The lowest BCUT2D eigenvalue weighted by Crippen LogP contribution is -2.61. The molecule has 2 aliphatic heterocycles. The zero-order valence-corrected chi connectivity index (χ0v) is 72.8. The summed E-state index contributed by atoms with van der Waals surface area (Å²) in [5, 5.41) is 7.39. The molecule has 5 heterocycles. The van der Waals surface area contributed by atoms with Gasteiger partial charge >= 0.3 is 0 Å². The Morgan fingerprint density at radius 2 is 0.613 bits per heavy atom. The van der Waals surface area contributed by atoms with Crippen LogP contribution in [0.15, 0.2) is 370 Å². The summed E-state index contributed by atoms with van der Waals surface area (Å²) in [7, 11) is 0. The highest BCUT2D eigenvalue weighted by molar-refractivity contribution is 7.00.